The predicted octanol–water partition coefficient (Wildman–Crippen LogP) is 1.83. The van der Waals surface area contributed by atoms with Crippen molar-refractivity contribution in [2.75, 3.05) is 0 Å². The third-order valence-electron chi connectivity index (χ3n) is 2.71. The lowest BCUT2D eigenvalue weighted by atomic mass is 10.0. The lowest BCUT2D eigenvalue weighted by molar-refractivity contribution is -0.151. The number of nitrogens with one attached hydrogen (secondary N) is 1. The lowest BCUT2D eigenvalue weighted by Gasteiger charge is -2.22. The summed E-state index contributed by atoms with van der Waals surface area (Å²) in [4.78, 5) is 20.8. The maximum atomic E-state index is 11.5. The molecule has 1 N–H and O–H groups in total. The van der Waals surface area contributed by atoms with Crippen LogP contribution in [0.3, 0.4) is 0 Å². The van der Waals surface area contributed by atoms with Gasteiger partial charge in [0.05, 0.1) is 0 Å². The van der Waals surface area contributed by atoms with Crippen LogP contribution in [0.4, 0.5) is 0 Å². The summed E-state index contributed by atoms with van der Waals surface area (Å²) >= 11 is 0. The standard InChI is InChI=1S/C13H16N2O2/c1-8(2)11-13(16)17-15-12(14-11)10-6-4-9(3)5-7-10/h4-8,11H,1-3H3,(H,14,15). The van der Waals surface area contributed by atoms with Crippen LogP contribution in [0, 0.1) is 12.8 Å². The molecule has 1 aromatic carbocycles. The molecular weight excluding hydrogens is 216 g/mol. The topological polar surface area (TPSA) is 50.7 Å². The van der Waals surface area contributed by atoms with Gasteiger partial charge in [-0.15, -0.1) is 0 Å². The van der Waals surface area contributed by atoms with E-state index >= 15 is 0 Å². The van der Waals surface area contributed by atoms with Gasteiger partial charge >= 0.3 is 5.97 Å². The van der Waals surface area contributed by atoms with E-state index in [9.17, 15) is 4.79 Å². The van der Waals surface area contributed by atoms with Crippen LogP contribution in [-0.4, -0.2) is 17.8 Å². The number of nitrogens with zero attached hydrogens (tertiary/aromatic N) is 1. The molecule has 0 amide bonds. The van der Waals surface area contributed by atoms with Crippen molar-refractivity contribution in [2.24, 2.45) is 10.9 Å². The van der Waals surface area contributed by atoms with Gasteiger partial charge in [0, 0.05) is 5.56 Å². The van der Waals surface area contributed by atoms with E-state index in [2.05, 4.69) is 10.5 Å². The van der Waals surface area contributed by atoms with Crippen LogP contribution in [0.5, 0.6) is 0 Å². The SMILES string of the molecule is Cc1ccc(C2=NC(C(C)C)C(=O)ON2)cc1. The molecule has 0 fully saturated rings. The first-order chi connectivity index (χ1) is 8.08. The minimum absolute atomic E-state index is 0.130. The van der Waals surface area contributed by atoms with Gasteiger partial charge in [0.25, 0.3) is 0 Å². The average molecular weight is 232 g/mol. The highest BCUT2D eigenvalue weighted by molar-refractivity contribution is 6.01. The Hall–Kier alpha value is -1.84. The van der Waals surface area contributed by atoms with Crippen molar-refractivity contribution < 1.29 is 9.63 Å². The molecule has 0 saturated heterocycles. The Labute approximate surface area is 101 Å². The van der Waals surface area contributed by atoms with Crippen molar-refractivity contribution in [2.45, 2.75) is 26.8 Å². The second kappa shape index (κ2) is 4.57. The molecule has 0 saturated carbocycles. The van der Waals surface area contributed by atoms with Crippen LogP contribution >= 0.6 is 0 Å². The summed E-state index contributed by atoms with van der Waals surface area (Å²) in [5.74, 6) is 0.421. The molecule has 0 radical (unpaired) electrons. The summed E-state index contributed by atoms with van der Waals surface area (Å²) in [6, 6.07) is 7.49. The van der Waals surface area contributed by atoms with E-state index in [1.165, 1.54) is 5.56 Å². The van der Waals surface area contributed by atoms with Gasteiger partial charge in [0.2, 0.25) is 0 Å². The van der Waals surface area contributed by atoms with Crippen molar-refractivity contribution >= 4 is 11.8 Å². The molecule has 0 spiro atoms. The zero-order chi connectivity index (χ0) is 12.4. The highest BCUT2D eigenvalue weighted by Crippen LogP contribution is 2.14. The quantitative estimate of drug-likeness (QED) is 0.846. The van der Waals surface area contributed by atoms with E-state index in [1.54, 1.807) is 0 Å². The number of hydrogen-bond acceptors (Lipinski definition) is 4. The van der Waals surface area contributed by atoms with Crippen LogP contribution in [0.15, 0.2) is 29.3 Å². The molecule has 4 nitrogen and oxygen atoms in total. The minimum Gasteiger partial charge on any atom is -0.339 e. The fourth-order valence-corrected chi connectivity index (χ4v) is 1.64. The Kier molecular flexibility index (Phi) is 3.13. The van der Waals surface area contributed by atoms with Gasteiger partial charge in [-0.2, -0.15) is 0 Å². The normalized spacial score (nSPS) is 19.6. The molecule has 17 heavy (non-hydrogen) atoms. The smallest absolute Gasteiger partial charge is 0.339 e. The molecule has 2 rings (SSSR count). The van der Waals surface area contributed by atoms with Crippen LogP contribution < -0.4 is 5.48 Å². The summed E-state index contributed by atoms with van der Waals surface area (Å²) < 4.78 is 0. The number of rotatable bonds is 2. The molecule has 1 aliphatic heterocycles. The fraction of sp³-hybridized carbons (Fsp3) is 0.385. The Morgan fingerprint density at radius 1 is 1.29 bits per heavy atom. The Balaban J connectivity index is 2.30. The van der Waals surface area contributed by atoms with Gasteiger partial charge in [0.1, 0.15) is 0 Å². The summed E-state index contributed by atoms with van der Waals surface area (Å²) in [7, 11) is 0. The van der Waals surface area contributed by atoms with Crippen molar-refractivity contribution in [3.8, 4) is 0 Å². The van der Waals surface area contributed by atoms with Crippen molar-refractivity contribution in [1.82, 2.24) is 5.48 Å². The highest BCUT2D eigenvalue weighted by atomic mass is 16.7. The Bertz CT molecular complexity index is 449. The maximum Gasteiger partial charge on any atom is 0.356 e. The van der Waals surface area contributed by atoms with Gasteiger partial charge in [0.15, 0.2) is 11.9 Å². The molecular formula is C13H16N2O2. The Morgan fingerprint density at radius 3 is 2.53 bits per heavy atom. The number of aryl methyl sites for hydroxylation is 1. The van der Waals surface area contributed by atoms with Crippen LogP contribution in [-0.2, 0) is 9.63 Å². The van der Waals surface area contributed by atoms with E-state index in [-0.39, 0.29) is 11.9 Å². The largest absolute Gasteiger partial charge is 0.356 e. The second-order valence-electron chi connectivity index (χ2n) is 4.56. The highest BCUT2D eigenvalue weighted by Gasteiger charge is 2.28. The number of hydroxylamine groups is 1. The zero-order valence-electron chi connectivity index (χ0n) is 10.2. The third-order valence-corrected chi connectivity index (χ3v) is 2.71. The van der Waals surface area contributed by atoms with E-state index in [0.29, 0.717) is 5.84 Å². The summed E-state index contributed by atoms with van der Waals surface area (Å²) in [5.41, 5.74) is 4.70. The molecule has 1 atom stereocenters. The summed E-state index contributed by atoms with van der Waals surface area (Å²) in [6.45, 7) is 5.93. The van der Waals surface area contributed by atoms with E-state index in [0.717, 1.165) is 5.56 Å². The van der Waals surface area contributed by atoms with Gasteiger partial charge in [-0.05, 0) is 12.8 Å². The van der Waals surface area contributed by atoms with E-state index < -0.39 is 6.04 Å². The maximum absolute atomic E-state index is 11.5. The van der Waals surface area contributed by atoms with Gasteiger partial charge < -0.3 is 4.84 Å². The predicted molar refractivity (Wildman–Crippen MR) is 65.6 cm³/mol. The molecule has 1 aromatic rings. The van der Waals surface area contributed by atoms with Crippen molar-refractivity contribution in [1.29, 1.82) is 0 Å². The number of hydrogen-bond donors (Lipinski definition) is 1. The van der Waals surface area contributed by atoms with Gasteiger partial charge in [-0.3, -0.25) is 0 Å². The number of benzene rings is 1. The average Bonchev–Trinajstić information content (AvgIpc) is 2.30. The van der Waals surface area contributed by atoms with Crippen LogP contribution in [0.1, 0.15) is 25.0 Å². The van der Waals surface area contributed by atoms with Crippen LogP contribution in [0.25, 0.3) is 0 Å². The number of aliphatic imine (C=N–C) groups is 1. The summed E-state index contributed by atoms with van der Waals surface area (Å²) in [5, 5.41) is 0. The molecule has 0 bridgehead atoms. The fourth-order valence-electron chi connectivity index (χ4n) is 1.64. The van der Waals surface area contributed by atoms with E-state index in [4.69, 9.17) is 4.84 Å². The van der Waals surface area contributed by atoms with Crippen LogP contribution in [0.2, 0.25) is 0 Å². The van der Waals surface area contributed by atoms with Crippen molar-refractivity contribution in [3.63, 3.8) is 0 Å². The molecule has 90 valence electrons. The Morgan fingerprint density at radius 2 is 1.94 bits per heavy atom. The summed E-state index contributed by atoms with van der Waals surface area (Å²) in [6.07, 6.45) is 0. The number of carbonyl (C=O) groups excluding carboxylic acids is 1. The van der Waals surface area contributed by atoms with Crippen molar-refractivity contribution in [3.05, 3.63) is 35.4 Å². The monoisotopic (exact) mass is 232 g/mol. The first-order valence-electron chi connectivity index (χ1n) is 5.69. The molecule has 0 aromatic heterocycles. The number of carbonyl (C=O) groups is 1. The van der Waals surface area contributed by atoms with Gasteiger partial charge in [-0.25, -0.2) is 15.3 Å². The first-order valence-corrected chi connectivity index (χ1v) is 5.69. The molecule has 0 aliphatic carbocycles. The molecule has 4 heteroatoms. The minimum atomic E-state index is -0.424. The third kappa shape index (κ3) is 2.46. The number of amidine groups is 1. The molecule has 1 unspecified atom stereocenters. The lowest BCUT2D eigenvalue weighted by Crippen LogP contribution is -2.41. The van der Waals surface area contributed by atoms with E-state index in [1.807, 2.05) is 45.0 Å². The van der Waals surface area contributed by atoms with Gasteiger partial charge in [-0.1, -0.05) is 43.7 Å². The molecule has 1 heterocycles. The molecule has 1 aliphatic rings. The zero-order valence-corrected chi connectivity index (χ0v) is 10.2. The first kappa shape index (κ1) is 11.6. The second-order valence-corrected chi connectivity index (χ2v) is 4.56.